The zero-order valence-electron chi connectivity index (χ0n) is 12.4. The van der Waals surface area contributed by atoms with Gasteiger partial charge >= 0.3 is 5.97 Å². The van der Waals surface area contributed by atoms with Crippen LogP contribution in [0.1, 0.15) is 29.2 Å². The third-order valence-electron chi connectivity index (χ3n) is 3.46. The lowest BCUT2D eigenvalue weighted by atomic mass is 9.84. The van der Waals surface area contributed by atoms with Crippen molar-refractivity contribution in [3.8, 4) is 0 Å². The number of carboxylic acids is 1. The van der Waals surface area contributed by atoms with Gasteiger partial charge in [0.25, 0.3) is 0 Å². The van der Waals surface area contributed by atoms with E-state index >= 15 is 0 Å². The van der Waals surface area contributed by atoms with Crippen molar-refractivity contribution >= 4 is 17.3 Å². The molecule has 0 amide bonds. The fraction of sp³-hybridized carbons (Fsp3) is 0.353. The first kappa shape index (κ1) is 15.7. The van der Waals surface area contributed by atoms with E-state index < -0.39 is 5.97 Å². The Balaban J connectivity index is 1.86. The lowest BCUT2D eigenvalue weighted by molar-refractivity contribution is -0.136. The third kappa shape index (κ3) is 4.69. The number of carboxylic acid groups (broad SMARTS) is 1. The maximum Gasteiger partial charge on any atom is 0.308 e. The molecule has 112 valence electrons. The summed E-state index contributed by atoms with van der Waals surface area (Å²) in [4.78, 5) is 12.8. The average molecular weight is 303 g/mol. The highest BCUT2D eigenvalue weighted by Gasteiger charge is 2.19. The number of hydrogen-bond donors (Lipinski definition) is 2. The van der Waals surface area contributed by atoms with Crippen molar-refractivity contribution in [2.75, 3.05) is 6.54 Å². The van der Waals surface area contributed by atoms with Crippen LogP contribution in [-0.2, 0) is 23.2 Å². The summed E-state index contributed by atoms with van der Waals surface area (Å²) in [6.07, 6.45) is 0.111. The zero-order valence-corrected chi connectivity index (χ0v) is 13.2. The maximum absolute atomic E-state index is 10.7. The van der Waals surface area contributed by atoms with Gasteiger partial charge in [-0.25, -0.2) is 0 Å². The van der Waals surface area contributed by atoms with Crippen LogP contribution in [0.25, 0.3) is 0 Å². The fourth-order valence-electron chi connectivity index (χ4n) is 2.25. The summed E-state index contributed by atoms with van der Waals surface area (Å²) < 4.78 is 0. The molecule has 0 aliphatic rings. The monoisotopic (exact) mass is 303 g/mol. The molecule has 0 aliphatic carbocycles. The van der Waals surface area contributed by atoms with Crippen molar-refractivity contribution in [2.45, 2.75) is 32.2 Å². The molecule has 21 heavy (non-hydrogen) atoms. The molecule has 0 aliphatic heterocycles. The molecular formula is C17H21NO2S. The Kier molecular flexibility index (Phi) is 5.15. The number of carbonyl (C=O) groups is 1. The first-order valence-corrected chi connectivity index (χ1v) is 7.85. The third-order valence-corrected chi connectivity index (χ3v) is 4.55. The van der Waals surface area contributed by atoms with Crippen LogP contribution in [0.4, 0.5) is 0 Å². The van der Waals surface area contributed by atoms with Gasteiger partial charge < -0.3 is 10.4 Å². The summed E-state index contributed by atoms with van der Waals surface area (Å²) in [5.41, 5.74) is 1.39. The van der Waals surface area contributed by atoms with E-state index in [2.05, 4.69) is 43.4 Å². The predicted molar refractivity (Wildman–Crippen MR) is 86.8 cm³/mol. The minimum Gasteiger partial charge on any atom is -0.481 e. The molecule has 0 radical (unpaired) electrons. The smallest absolute Gasteiger partial charge is 0.308 e. The standard InChI is InChI=1S/C17H21NO2S/c1-17(2,13-6-4-3-5-7-13)12-18-11-15-9-8-14(21-15)10-16(19)20/h3-9,18H,10-12H2,1-2H3,(H,19,20). The Hall–Kier alpha value is -1.65. The molecule has 1 heterocycles. The van der Waals surface area contributed by atoms with E-state index in [1.807, 2.05) is 18.2 Å². The molecule has 1 aromatic carbocycles. The van der Waals surface area contributed by atoms with Crippen molar-refractivity contribution in [3.05, 3.63) is 57.8 Å². The van der Waals surface area contributed by atoms with Gasteiger partial charge in [-0.3, -0.25) is 4.79 Å². The Morgan fingerprint density at radius 2 is 1.81 bits per heavy atom. The largest absolute Gasteiger partial charge is 0.481 e. The molecule has 2 aromatic rings. The lowest BCUT2D eigenvalue weighted by Gasteiger charge is -2.25. The van der Waals surface area contributed by atoms with Crippen molar-refractivity contribution < 1.29 is 9.90 Å². The van der Waals surface area contributed by atoms with Crippen LogP contribution in [0, 0.1) is 0 Å². The fourth-order valence-corrected chi connectivity index (χ4v) is 3.23. The van der Waals surface area contributed by atoms with E-state index in [-0.39, 0.29) is 11.8 Å². The molecule has 3 nitrogen and oxygen atoms in total. The Labute approximate surface area is 129 Å². The molecule has 0 fully saturated rings. The number of hydrogen-bond acceptors (Lipinski definition) is 3. The normalized spacial score (nSPS) is 11.5. The SMILES string of the molecule is CC(C)(CNCc1ccc(CC(=O)O)s1)c1ccccc1. The van der Waals surface area contributed by atoms with E-state index in [4.69, 9.17) is 5.11 Å². The van der Waals surface area contributed by atoms with Crippen LogP contribution in [-0.4, -0.2) is 17.6 Å². The van der Waals surface area contributed by atoms with Crippen LogP contribution in [0.15, 0.2) is 42.5 Å². The lowest BCUT2D eigenvalue weighted by Crippen LogP contribution is -2.32. The van der Waals surface area contributed by atoms with E-state index in [0.717, 1.165) is 18.0 Å². The summed E-state index contributed by atoms with van der Waals surface area (Å²) in [7, 11) is 0. The van der Waals surface area contributed by atoms with Gasteiger partial charge in [0.05, 0.1) is 6.42 Å². The average Bonchev–Trinajstić information content (AvgIpc) is 2.86. The second-order valence-corrected chi connectivity index (χ2v) is 7.04. The molecule has 0 saturated heterocycles. The van der Waals surface area contributed by atoms with Crippen molar-refractivity contribution in [1.82, 2.24) is 5.32 Å². The summed E-state index contributed by atoms with van der Waals surface area (Å²) in [6, 6.07) is 14.4. The molecule has 2 N–H and O–H groups in total. The van der Waals surface area contributed by atoms with Gasteiger partial charge in [0.15, 0.2) is 0 Å². The number of aliphatic carboxylic acids is 1. The molecule has 4 heteroatoms. The molecule has 0 unspecified atom stereocenters. The number of nitrogens with one attached hydrogen (secondary N) is 1. The zero-order chi connectivity index (χ0) is 15.3. The summed E-state index contributed by atoms with van der Waals surface area (Å²) in [6.45, 7) is 6.10. The first-order valence-electron chi connectivity index (χ1n) is 7.03. The highest BCUT2D eigenvalue weighted by Crippen LogP contribution is 2.22. The molecular weight excluding hydrogens is 282 g/mol. The Morgan fingerprint density at radius 1 is 1.14 bits per heavy atom. The molecule has 0 spiro atoms. The second-order valence-electron chi connectivity index (χ2n) is 5.79. The quantitative estimate of drug-likeness (QED) is 0.824. The van der Waals surface area contributed by atoms with E-state index in [0.29, 0.717) is 0 Å². The summed E-state index contributed by atoms with van der Waals surface area (Å²) in [5, 5.41) is 12.2. The van der Waals surface area contributed by atoms with Crippen molar-refractivity contribution in [2.24, 2.45) is 0 Å². The van der Waals surface area contributed by atoms with Crippen molar-refractivity contribution in [1.29, 1.82) is 0 Å². The molecule has 0 atom stereocenters. The number of thiophene rings is 1. The maximum atomic E-state index is 10.7. The van der Waals surface area contributed by atoms with Crippen LogP contribution in [0.2, 0.25) is 0 Å². The Bertz CT molecular complexity index is 590. The van der Waals surface area contributed by atoms with E-state index in [1.54, 1.807) is 11.3 Å². The van der Waals surface area contributed by atoms with Gasteiger partial charge in [-0.05, 0) is 17.7 Å². The minimum absolute atomic E-state index is 0.0718. The first-order chi connectivity index (χ1) is 9.97. The van der Waals surface area contributed by atoms with E-state index in [1.165, 1.54) is 10.4 Å². The van der Waals surface area contributed by atoms with Gasteiger partial charge in [-0.1, -0.05) is 44.2 Å². The molecule has 1 aromatic heterocycles. The van der Waals surface area contributed by atoms with Crippen LogP contribution < -0.4 is 5.32 Å². The van der Waals surface area contributed by atoms with Gasteiger partial charge in [0.1, 0.15) is 0 Å². The highest BCUT2D eigenvalue weighted by atomic mass is 32.1. The van der Waals surface area contributed by atoms with E-state index in [9.17, 15) is 4.79 Å². The molecule has 0 saturated carbocycles. The Morgan fingerprint density at radius 3 is 2.48 bits per heavy atom. The van der Waals surface area contributed by atoms with Gasteiger partial charge in [-0.15, -0.1) is 11.3 Å². The van der Waals surface area contributed by atoms with Crippen LogP contribution in [0.5, 0.6) is 0 Å². The van der Waals surface area contributed by atoms with Gasteiger partial charge in [0.2, 0.25) is 0 Å². The highest BCUT2D eigenvalue weighted by molar-refractivity contribution is 7.12. The minimum atomic E-state index is -0.776. The predicted octanol–water partition coefficient (Wildman–Crippen LogP) is 3.44. The molecule has 0 bridgehead atoms. The summed E-state index contributed by atoms with van der Waals surface area (Å²) >= 11 is 1.56. The molecule has 2 rings (SSSR count). The second kappa shape index (κ2) is 6.87. The van der Waals surface area contributed by atoms with Crippen LogP contribution in [0.3, 0.4) is 0 Å². The van der Waals surface area contributed by atoms with Gasteiger partial charge in [-0.2, -0.15) is 0 Å². The topological polar surface area (TPSA) is 49.3 Å². The number of rotatable bonds is 7. The van der Waals surface area contributed by atoms with Crippen LogP contribution >= 0.6 is 11.3 Å². The number of benzene rings is 1. The van der Waals surface area contributed by atoms with Gasteiger partial charge in [0, 0.05) is 28.3 Å². The summed E-state index contributed by atoms with van der Waals surface area (Å²) in [5.74, 6) is -0.776. The van der Waals surface area contributed by atoms with Crippen molar-refractivity contribution in [3.63, 3.8) is 0 Å².